The van der Waals surface area contributed by atoms with Gasteiger partial charge in [-0.1, -0.05) is 0 Å². The highest BCUT2D eigenvalue weighted by Gasteiger charge is 2.29. The molecule has 0 fully saturated rings. The average molecular weight is 839 g/mol. The standard InChI is InChI=1S/C12H11I3N2O5.C7H17NO5/c1-4(19)17-10-8(14)5(11(20)16-2-3-18)7(13)6(9(10)15)12(21)22;1-8-2-4(10)6(12)7(13)5(11)3-9/h18H,2-3H2,1H3,(H,16,20)(H,17,19)(H,21,22);4-13H,2-3H2,1H3/t;4-,5+,6+,7+/m.1/s1. The van der Waals surface area contributed by atoms with E-state index in [-0.39, 0.29) is 40.3 Å². The van der Waals surface area contributed by atoms with Gasteiger partial charge >= 0.3 is 5.97 Å². The number of rotatable bonds is 11. The fourth-order valence-electron chi connectivity index (χ4n) is 2.49. The summed E-state index contributed by atoms with van der Waals surface area (Å²) < 4.78 is 1.08. The van der Waals surface area contributed by atoms with Gasteiger partial charge < -0.3 is 51.7 Å². The second-order valence-electron chi connectivity index (χ2n) is 6.89. The van der Waals surface area contributed by atoms with Crippen LogP contribution in [0, 0.1) is 10.7 Å². The van der Waals surface area contributed by atoms with E-state index in [9.17, 15) is 24.6 Å². The van der Waals surface area contributed by atoms with Crippen LogP contribution in [0.2, 0.25) is 0 Å². The van der Waals surface area contributed by atoms with Gasteiger partial charge in [0, 0.05) is 23.6 Å². The van der Waals surface area contributed by atoms with Crippen LogP contribution in [0.4, 0.5) is 5.69 Å². The van der Waals surface area contributed by atoms with E-state index in [0.29, 0.717) is 12.8 Å². The first-order valence-corrected chi connectivity index (χ1v) is 13.1. The van der Waals surface area contributed by atoms with Crippen LogP contribution in [0.25, 0.3) is 0 Å². The van der Waals surface area contributed by atoms with E-state index in [1.807, 2.05) is 45.2 Å². The van der Waals surface area contributed by atoms with Crippen molar-refractivity contribution in [1.82, 2.24) is 10.6 Å². The number of nitrogens with one attached hydrogen (secondary N) is 3. The molecule has 0 aliphatic rings. The molecule has 4 atom stereocenters. The molecule has 35 heavy (non-hydrogen) atoms. The number of aliphatic hydroxyl groups is 6. The van der Waals surface area contributed by atoms with Gasteiger partial charge in [-0.2, -0.15) is 0 Å². The van der Waals surface area contributed by atoms with Crippen LogP contribution in [0.3, 0.4) is 0 Å². The predicted octanol–water partition coefficient (Wildman–Crippen LogP) is -1.48. The zero-order valence-electron chi connectivity index (χ0n) is 18.6. The molecule has 0 saturated carbocycles. The molecular formula is C19H28I3N3O10. The third-order valence-corrected chi connectivity index (χ3v) is 7.43. The van der Waals surface area contributed by atoms with E-state index in [0.717, 1.165) is 0 Å². The van der Waals surface area contributed by atoms with Gasteiger partial charge in [-0.3, -0.25) is 9.59 Å². The number of aliphatic hydroxyl groups excluding tert-OH is 6. The van der Waals surface area contributed by atoms with Crippen molar-refractivity contribution in [1.29, 1.82) is 0 Å². The quantitative estimate of drug-likeness (QED) is 0.116. The molecule has 2 amide bonds. The van der Waals surface area contributed by atoms with Gasteiger partial charge in [0.15, 0.2) is 0 Å². The van der Waals surface area contributed by atoms with E-state index in [2.05, 4.69) is 16.0 Å². The number of aromatic carboxylic acids is 1. The molecule has 0 spiro atoms. The van der Waals surface area contributed by atoms with Crippen LogP contribution in [0.15, 0.2) is 0 Å². The summed E-state index contributed by atoms with van der Waals surface area (Å²) in [5.41, 5.74) is 0.413. The summed E-state index contributed by atoms with van der Waals surface area (Å²) in [6, 6.07) is 0. The van der Waals surface area contributed by atoms with Crippen molar-refractivity contribution < 1.29 is 50.1 Å². The minimum atomic E-state index is -1.55. The number of benzene rings is 1. The molecule has 0 aliphatic heterocycles. The van der Waals surface area contributed by atoms with E-state index in [1.54, 1.807) is 29.6 Å². The predicted molar refractivity (Wildman–Crippen MR) is 150 cm³/mol. The molecule has 0 aromatic heterocycles. The van der Waals surface area contributed by atoms with Gasteiger partial charge in [-0.05, 0) is 74.8 Å². The zero-order valence-corrected chi connectivity index (χ0v) is 25.1. The summed E-state index contributed by atoms with van der Waals surface area (Å²) in [6.45, 7) is 0.555. The van der Waals surface area contributed by atoms with Gasteiger partial charge in [-0.25, -0.2) is 4.79 Å². The number of amides is 2. The highest BCUT2D eigenvalue weighted by molar-refractivity contribution is 14.1. The van der Waals surface area contributed by atoms with Crippen LogP contribution in [0.5, 0.6) is 0 Å². The van der Waals surface area contributed by atoms with Gasteiger partial charge in [0.05, 0.1) is 43.3 Å². The number of hydrogen-bond donors (Lipinski definition) is 10. The number of carboxylic acid groups (broad SMARTS) is 1. The smallest absolute Gasteiger partial charge is 0.337 e. The Morgan fingerprint density at radius 1 is 0.886 bits per heavy atom. The monoisotopic (exact) mass is 839 g/mol. The second kappa shape index (κ2) is 17.1. The van der Waals surface area contributed by atoms with Crippen molar-refractivity contribution in [2.45, 2.75) is 31.3 Å². The number of likely N-dealkylation sites (N-methyl/N-ethyl adjacent to an activating group) is 1. The Morgan fingerprint density at radius 2 is 1.40 bits per heavy atom. The largest absolute Gasteiger partial charge is 0.478 e. The molecule has 0 unspecified atom stereocenters. The van der Waals surface area contributed by atoms with Gasteiger partial charge in [0.2, 0.25) is 5.91 Å². The highest BCUT2D eigenvalue weighted by atomic mass is 127. The van der Waals surface area contributed by atoms with Crippen molar-refractivity contribution >= 4 is 91.2 Å². The Labute approximate surface area is 242 Å². The highest BCUT2D eigenvalue weighted by Crippen LogP contribution is 2.35. The lowest BCUT2D eigenvalue weighted by atomic mass is 10.0. The number of carboxylic acids is 1. The molecule has 0 saturated heterocycles. The molecule has 1 aromatic rings. The number of hydrogen-bond acceptors (Lipinski definition) is 10. The first kappa shape index (κ1) is 34.5. The van der Waals surface area contributed by atoms with E-state index >= 15 is 0 Å². The van der Waals surface area contributed by atoms with Crippen LogP contribution < -0.4 is 16.0 Å². The molecule has 0 aliphatic carbocycles. The summed E-state index contributed by atoms with van der Waals surface area (Å²) in [4.78, 5) is 35.0. The molecule has 10 N–H and O–H groups in total. The van der Waals surface area contributed by atoms with Crippen LogP contribution >= 0.6 is 67.8 Å². The van der Waals surface area contributed by atoms with Crippen molar-refractivity contribution in [3.8, 4) is 0 Å². The third kappa shape index (κ3) is 10.4. The Kier molecular flexibility index (Phi) is 16.9. The summed E-state index contributed by atoms with van der Waals surface area (Å²) in [5.74, 6) is -2.06. The Morgan fingerprint density at radius 3 is 1.83 bits per heavy atom. The maximum Gasteiger partial charge on any atom is 0.337 e. The van der Waals surface area contributed by atoms with Crippen molar-refractivity contribution in [2.24, 2.45) is 0 Å². The van der Waals surface area contributed by atoms with Crippen LogP contribution in [-0.4, -0.2) is 111 Å². The Hall–Kier alpha value is -0.460. The van der Waals surface area contributed by atoms with Crippen molar-refractivity contribution in [3.63, 3.8) is 0 Å². The SMILES string of the molecule is CC(=O)Nc1c(I)c(C(=O)O)c(I)c(C(=O)NCCO)c1I.CNC[C@@H](O)[C@H](O)[C@@H](O)[C@@H](O)CO. The molecule has 0 radical (unpaired) electrons. The van der Waals surface area contributed by atoms with E-state index < -0.39 is 42.9 Å². The summed E-state index contributed by atoms with van der Waals surface area (Å²) in [6.07, 6.45) is -5.65. The molecule has 0 heterocycles. The number of anilines is 1. The lowest BCUT2D eigenvalue weighted by Crippen LogP contribution is -2.48. The Balaban J connectivity index is 0.000000761. The normalized spacial score (nSPS) is 14.1. The first-order valence-electron chi connectivity index (χ1n) is 9.84. The maximum atomic E-state index is 12.2. The molecule has 0 bridgehead atoms. The van der Waals surface area contributed by atoms with Crippen molar-refractivity contribution in [3.05, 3.63) is 21.8 Å². The van der Waals surface area contributed by atoms with E-state index in [1.165, 1.54) is 6.92 Å². The average Bonchev–Trinajstić information content (AvgIpc) is 2.79. The fourth-order valence-corrected chi connectivity index (χ4v) is 6.88. The van der Waals surface area contributed by atoms with E-state index in [4.69, 9.17) is 25.5 Å². The third-order valence-electron chi connectivity index (χ3n) is 4.19. The second-order valence-corrected chi connectivity index (χ2v) is 10.1. The molecule has 1 rings (SSSR count). The molecule has 16 heteroatoms. The topological polar surface area (TPSA) is 229 Å². The summed E-state index contributed by atoms with van der Waals surface area (Å²) in [7, 11) is 1.57. The number of carbonyl (C=O) groups excluding carboxylic acids is 2. The summed E-state index contributed by atoms with van der Waals surface area (Å²) >= 11 is 5.52. The number of carbonyl (C=O) groups is 3. The van der Waals surface area contributed by atoms with Crippen LogP contribution in [-0.2, 0) is 4.79 Å². The lowest BCUT2D eigenvalue weighted by molar-refractivity contribution is -0.114. The zero-order chi connectivity index (χ0) is 27.5. The minimum Gasteiger partial charge on any atom is -0.478 e. The summed E-state index contributed by atoms with van der Waals surface area (Å²) in [5, 5.41) is 70.7. The number of halogens is 3. The van der Waals surface area contributed by atoms with Gasteiger partial charge in [-0.15, -0.1) is 0 Å². The molecular weight excluding hydrogens is 811 g/mol. The van der Waals surface area contributed by atoms with Crippen molar-refractivity contribution in [2.75, 3.05) is 38.7 Å². The van der Waals surface area contributed by atoms with Gasteiger partial charge in [0.1, 0.15) is 18.3 Å². The Bertz CT molecular complexity index is 890. The van der Waals surface area contributed by atoms with Crippen LogP contribution in [0.1, 0.15) is 27.6 Å². The van der Waals surface area contributed by atoms with Gasteiger partial charge in [0.25, 0.3) is 5.91 Å². The molecule has 200 valence electrons. The maximum absolute atomic E-state index is 12.2. The molecule has 13 nitrogen and oxygen atoms in total. The fraction of sp³-hybridized carbons (Fsp3) is 0.526. The lowest BCUT2D eigenvalue weighted by Gasteiger charge is -2.25. The minimum absolute atomic E-state index is 0.0421. The molecule has 1 aromatic carbocycles. The first-order chi connectivity index (χ1) is 16.3.